The van der Waals surface area contributed by atoms with Gasteiger partial charge in [0.05, 0.1) is 5.44 Å². The molecule has 2 aromatic rings. The molecule has 0 aliphatic carbocycles. The molecule has 1 nitrogen and oxygen atoms in total. The molecule has 0 saturated heterocycles. The Morgan fingerprint density at radius 3 is 2.53 bits per heavy atom. The lowest BCUT2D eigenvalue weighted by Crippen LogP contribution is -2.08. The second-order valence-electron chi connectivity index (χ2n) is 3.36. The molecule has 0 saturated carbocycles. The van der Waals surface area contributed by atoms with E-state index in [2.05, 4.69) is 54.4 Å². The lowest BCUT2D eigenvalue weighted by Gasteiger charge is -2.02. The molecule has 15 heavy (non-hydrogen) atoms. The molecule has 0 fully saturated rings. The van der Waals surface area contributed by atoms with Gasteiger partial charge in [0.15, 0.2) is 0 Å². The number of nitrogens with zero attached hydrogens (tertiary/aromatic N) is 1. The summed E-state index contributed by atoms with van der Waals surface area (Å²) < 4.78 is 0. The minimum Gasteiger partial charge on any atom is -0.253 e. The first kappa shape index (κ1) is 10.3. The van der Waals surface area contributed by atoms with E-state index in [-0.39, 0.29) is 0 Å². The zero-order valence-electron chi connectivity index (χ0n) is 8.77. The third-order valence-corrected chi connectivity index (χ3v) is 3.37. The fourth-order valence-corrected chi connectivity index (χ4v) is 2.45. The summed E-state index contributed by atoms with van der Waals surface area (Å²) in [6, 6.07) is 16.8. The summed E-state index contributed by atoms with van der Waals surface area (Å²) in [6.07, 6.45) is 1.01. The highest BCUT2D eigenvalue weighted by atomic mass is 31.1. The number of hydrogen-bond donors (Lipinski definition) is 0. The van der Waals surface area contributed by atoms with Crippen LogP contribution in [0.4, 0.5) is 0 Å². The number of hydrogen-bond acceptors (Lipinski definition) is 1. The standard InChI is InChI=1S/C13H14NP/c1-2-11-7-6-10-13(14-11)15-12-8-4-3-5-9-12/h3-10,15H,2H2,1H3. The Bertz CT molecular complexity index is 426. The van der Waals surface area contributed by atoms with Crippen molar-refractivity contribution in [2.24, 2.45) is 0 Å². The molecule has 0 radical (unpaired) electrons. The lowest BCUT2D eigenvalue weighted by molar-refractivity contribution is 1.05. The van der Waals surface area contributed by atoms with Crippen LogP contribution in [0.2, 0.25) is 0 Å². The van der Waals surface area contributed by atoms with Gasteiger partial charge in [-0.2, -0.15) is 0 Å². The fourth-order valence-electron chi connectivity index (χ4n) is 1.42. The number of aromatic nitrogens is 1. The third-order valence-electron chi connectivity index (χ3n) is 2.22. The summed E-state index contributed by atoms with van der Waals surface area (Å²) in [5, 5.41) is 1.35. The van der Waals surface area contributed by atoms with E-state index in [1.54, 1.807) is 0 Å². The summed E-state index contributed by atoms with van der Waals surface area (Å²) >= 11 is 0. The maximum atomic E-state index is 4.60. The van der Waals surface area contributed by atoms with Gasteiger partial charge in [-0.15, -0.1) is 0 Å². The maximum absolute atomic E-state index is 4.60. The summed E-state index contributed by atoms with van der Waals surface area (Å²) in [6.45, 7) is 2.14. The van der Waals surface area contributed by atoms with Gasteiger partial charge in [0, 0.05) is 5.69 Å². The molecule has 1 aromatic carbocycles. The van der Waals surface area contributed by atoms with Gasteiger partial charge in [0.1, 0.15) is 0 Å². The Kier molecular flexibility index (Phi) is 3.47. The molecule has 1 aromatic heterocycles. The first-order valence-corrected chi connectivity index (χ1v) is 6.16. The first-order chi connectivity index (χ1) is 7.38. The zero-order chi connectivity index (χ0) is 10.5. The van der Waals surface area contributed by atoms with E-state index in [0.717, 1.165) is 6.42 Å². The second kappa shape index (κ2) is 5.04. The van der Waals surface area contributed by atoms with E-state index < -0.39 is 0 Å². The quantitative estimate of drug-likeness (QED) is 0.716. The van der Waals surface area contributed by atoms with Gasteiger partial charge >= 0.3 is 0 Å². The molecule has 0 amide bonds. The molecule has 1 heterocycles. The smallest absolute Gasteiger partial charge is 0.0648 e. The number of rotatable bonds is 3. The van der Waals surface area contributed by atoms with Crippen molar-refractivity contribution < 1.29 is 0 Å². The van der Waals surface area contributed by atoms with E-state index in [1.165, 1.54) is 16.4 Å². The number of pyridine rings is 1. The van der Waals surface area contributed by atoms with Crippen LogP contribution >= 0.6 is 8.58 Å². The fraction of sp³-hybridized carbons (Fsp3) is 0.154. The van der Waals surface area contributed by atoms with Crippen LogP contribution in [0.3, 0.4) is 0 Å². The van der Waals surface area contributed by atoms with Crippen molar-refractivity contribution in [2.75, 3.05) is 0 Å². The minimum absolute atomic E-state index is 0.665. The molecule has 0 aliphatic rings. The monoisotopic (exact) mass is 215 g/mol. The normalized spacial score (nSPS) is 11.0. The van der Waals surface area contributed by atoms with Crippen LogP contribution in [0, 0.1) is 0 Å². The van der Waals surface area contributed by atoms with E-state index in [9.17, 15) is 0 Å². The van der Waals surface area contributed by atoms with Crippen LogP contribution in [-0.2, 0) is 6.42 Å². The van der Waals surface area contributed by atoms with Crippen LogP contribution in [-0.4, -0.2) is 4.98 Å². The van der Waals surface area contributed by atoms with Crippen molar-refractivity contribution in [1.82, 2.24) is 4.98 Å². The minimum atomic E-state index is 0.665. The molecule has 0 spiro atoms. The maximum Gasteiger partial charge on any atom is 0.0648 e. The Morgan fingerprint density at radius 1 is 1.00 bits per heavy atom. The molecule has 0 bridgehead atoms. The van der Waals surface area contributed by atoms with Crippen molar-refractivity contribution in [1.29, 1.82) is 0 Å². The second-order valence-corrected chi connectivity index (χ2v) is 4.70. The summed E-state index contributed by atoms with van der Waals surface area (Å²) in [7, 11) is 0.665. The van der Waals surface area contributed by atoms with Crippen molar-refractivity contribution in [3.05, 3.63) is 54.2 Å². The molecule has 1 atom stereocenters. The van der Waals surface area contributed by atoms with Gasteiger partial charge in [0.2, 0.25) is 0 Å². The van der Waals surface area contributed by atoms with Crippen LogP contribution in [0.15, 0.2) is 48.5 Å². The van der Waals surface area contributed by atoms with Crippen molar-refractivity contribution in [2.45, 2.75) is 13.3 Å². The predicted molar refractivity (Wildman–Crippen MR) is 67.6 cm³/mol. The predicted octanol–water partition coefficient (Wildman–Crippen LogP) is 2.27. The van der Waals surface area contributed by atoms with Crippen LogP contribution in [0.25, 0.3) is 0 Å². The Labute approximate surface area is 92.4 Å². The molecule has 76 valence electrons. The third kappa shape index (κ3) is 2.87. The van der Waals surface area contributed by atoms with Crippen LogP contribution < -0.4 is 10.7 Å². The average molecular weight is 215 g/mol. The molecular weight excluding hydrogens is 201 g/mol. The molecule has 0 N–H and O–H groups in total. The number of aryl methyl sites for hydroxylation is 1. The van der Waals surface area contributed by atoms with Crippen molar-refractivity contribution >= 4 is 19.3 Å². The van der Waals surface area contributed by atoms with Crippen molar-refractivity contribution in [3.8, 4) is 0 Å². The average Bonchev–Trinajstić information content (AvgIpc) is 2.31. The number of benzene rings is 1. The van der Waals surface area contributed by atoms with E-state index >= 15 is 0 Å². The van der Waals surface area contributed by atoms with Gasteiger partial charge in [-0.1, -0.05) is 43.3 Å². The highest BCUT2D eigenvalue weighted by Crippen LogP contribution is 2.08. The van der Waals surface area contributed by atoms with E-state index in [4.69, 9.17) is 0 Å². The molecule has 0 aliphatic heterocycles. The zero-order valence-corrected chi connectivity index (χ0v) is 9.77. The summed E-state index contributed by atoms with van der Waals surface area (Å²) in [4.78, 5) is 4.60. The lowest BCUT2D eigenvalue weighted by atomic mass is 10.3. The summed E-state index contributed by atoms with van der Waals surface area (Å²) in [5.74, 6) is 0. The highest BCUT2D eigenvalue weighted by molar-refractivity contribution is 7.55. The first-order valence-electron chi connectivity index (χ1n) is 5.16. The Hall–Kier alpha value is -1.20. The van der Waals surface area contributed by atoms with Gasteiger partial charge in [-0.05, 0) is 32.4 Å². The van der Waals surface area contributed by atoms with Gasteiger partial charge in [-0.25, -0.2) is 0 Å². The molecule has 1 unspecified atom stereocenters. The molecule has 2 heteroatoms. The van der Waals surface area contributed by atoms with Crippen LogP contribution in [0.5, 0.6) is 0 Å². The van der Waals surface area contributed by atoms with E-state index in [1.807, 2.05) is 6.07 Å². The largest absolute Gasteiger partial charge is 0.253 e. The SMILES string of the molecule is CCc1cccc(Pc2ccccc2)n1. The molecule has 2 rings (SSSR count). The summed E-state index contributed by atoms with van der Waals surface area (Å²) in [5.41, 5.74) is 2.36. The Balaban J connectivity index is 2.17. The van der Waals surface area contributed by atoms with Gasteiger partial charge < -0.3 is 0 Å². The van der Waals surface area contributed by atoms with Crippen LogP contribution in [0.1, 0.15) is 12.6 Å². The molecular formula is C13H14NP. The Morgan fingerprint density at radius 2 is 1.80 bits per heavy atom. The highest BCUT2D eigenvalue weighted by Gasteiger charge is 1.97. The van der Waals surface area contributed by atoms with Gasteiger partial charge in [-0.3, -0.25) is 4.98 Å². The van der Waals surface area contributed by atoms with E-state index in [0.29, 0.717) is 8.58 Å². The topological polar surface area (TPSA) is 12.9 Å². The van der Waals surface area contributed by atoms with Gasteiger partial charge in [0.25, 0.3) is 0 Å². The van der Waals surface area contributed by atoms with Crippen molar-refractivity contribution in [3.63, 3.8) is 0 Å².